The van der Waals surface area contributed by atoms with E-state index in [1.54, 1.807) is 39.0 Å². The number of carbonyl (C=O) groups is 5. The zero-order valence-electron chi connectivity index (χ0n) is 24.1. The van der Waals surface area contributed by atoms with Crippen molar-refractivity contribution in [2.45, 2.75) is 64.1 Å². The van der Waals surface area contributed by atoms with E-state index >= 15 is 0 Å². The fourth-order valence-corrected chi connectivity index (χ4v) is 4.89. The van der Waals surface area contributed by atoms with Crippen molar-refractivity contribution in [2.24, 2.45) is 5.92 Å². The van der Waals surface area contributed by atoms with Gasteiger partial charge in [0.15, 0.2) is 0 Å². The van der Waals surface area contributed by atoms with Crippen LogP contribution in [0.15, 0.2) is 66.7 Å². The number of rotatable bonds is 10. The van der Waals surface area contributed by atoms with Crippen LogP contribution in [0.2, 0.25) is 0 Å². The van der Waals surface area contributed by atoms with Crippen molar-refractivity contribution in [1.82, 2.24) is 26.3 Å². The number of ketones is 1. The average Bonchev–Trinajstić information content (AvgIpc) is 2.96. The monoisotopic (exact) mass is 571 g/mol. The van der Waals surface area contributed by atoms with Gasteiger partial charge in [0.25, 0.3) is 11.8 Å². The Morgan fingerprint density at radius 2 is 1.64 bits per heavy atom. The largest absolute Gasteiger partial charge is 0.356 e. The van der Waals surface area contributed by atoms with Crippen molar-refractivity contribution in [3.63, 3.8) is 0 Å². The molecule has 220 valence electrons. The number of carbonyl (C=O) groups excluding carboxylic acids is 5. The molecule has 3 aromatic rings. The second-order valence-electron chi connectivity index (χ2n) is 11.6. The van der Waals surface area contributed by atoms with E-state index in [9.17, 15) is 24.0 Å². The molecule has 1 aliphatic heterocycles. The molecule has 4 N–H and O–H groups in total. The van der Waals surface area contributed by atoms with Gasteiger partial charge in [0.05, 0.1) is 11.6 Å². The van der Waals surface area contributed by atoms with E-state index < -0.39 is 47.0 Å². The number of hydrogen-bond donors (Lipinski definition) is 4. The minimum Gasteiger partial charge on any atom is -0.356 e. The molecule has 0 spiro atoms. The number of piperidine rings is 1. The Kier molecular flexibility index (Phi) is 9.67. The molecule has 1 saturated heterocycles. The third-order valence-electron chi connectivity index (χ3n) is 7.00. The summed E-state index contributed by atoms with van der Waals surface area (Å²) in [5.74, 6) is -3.67. The van der Waals surface area contributed by atoms with Gasteiger partial charge in [-0.2, -0.15) is 0 Å². The van der Waals surface area contributed by atoms with Crippen LogP contribution in [0.1, 0.15) is 56.1 Å². The Hall–Kier alpha value is -4.60. The Morgan fingerprint density at radius 1 is 0.929 bits per heavy atom. The summed E-state index contributed by atoms with van der Waals surface area (Å²) in [6, 6.07) is 17.5. The van der Waals surface area contributed by atoms with Crippen LogP contribution in [-0.2, 0) is 25.6 Å². The fraction of sp³-hybridized carbons (Fsp3) is 0.375. The molecule has 2 aromatic carbocycles. The molecule has 10 heteroatoms. The van der Waals surface area contributed by atoms with Gasteiger partial charge in [0.1, 0.15) is 11.7 Å². The first-order valence-electron chi connectivity index (χ1n) is 14.2. The predicted octanol–water partition coefficient (Wildman–Crippen LogP) is 2.46. The van der Waals surface area contributed by atoms with Crippen molar-refractivity contribution >= 4 is 40.3 Å². The zero-order valence-corrected chi connectivity index (χ0v) is 24.1. The maximum atomic E-state index is 13.7. The zero-order chi connectivity index (χ0) is 30.3. The van der Waals surface area contributed by atoms with E-state index in [0.717, 1.165) is 17.4 Å². The molecular formula is C32H37N5O5. The molecule has 10 nitrogen and oxygen atoms in total. The molecule has 0 saturated carbocycles. The van der Waals surface area contributed by atoms with E-state index in [1.165, 1.54) is 0 Å². The number of aromatic nitrogens is 1. The Bertz CT molecular complexity index is 1470. The van der Waals surface area contributed by atoms with Gasteiger partial charge in [-0.15, -0.1) is 0 Å². The van der Waals surface area contributed by atoms with E-state index in [-0.39, 0.29) is 24.4 Å². The van der Waals surface area contributed by atoms with Crippen LogP contribution in [0, 0.1) is 5.92 Å². The molecule has 1 aliphatic rings. The summed E-state index contributed by atoms with van der Waals surface area (Å²) in [4.78, 5) is 70.2. The number of benzene rings is 2. The Morgan fingerprint density at radius 3 is 2.36 bits per heavy atom. The smallest absolute Gasteiger partial charge is 0.290 e. The summed E-state index contributed by atoms with van der Waals surface area (Å²) in [5.41, 5.74) is 0.871. The Labute approximate surface area is 245 Å². The van der Waals surface area contributed by atoms with Crippen molar-refractivity contribution < 1.29 is 24.0 Å². The highest BCUT2D eigenvalue weighted by Crippen LogP contribution is 2.19. The lowest BCUT2D eigenvalue weighted by atomic mass is 9.89. The molecule has 4 rings (SSSR count). The molecule has 42 heavy (non-hydrogen) atoms. The third kappa shape index (κ3) is 8.22. The molecule has 3 atom stereocenters. The minimum atomic E-state index is -1.26. The molecule has 0 radical (unpaired) electrons. The maximum Gasteiger partial charge on any atom is 0.290 e. The molecular weight excluding hydrogens is 534 g/mol. The number of nitrogens with one attached hydrogen (secondary N) is 4. The van der Waals surface area contributed by atoms with Crippen molar-refractivity contribution in [3.05, 3.63) is 78.0 Å². The van der Waals surface area contributed by atoms with Crippen molar-refractivity contribution in [2.75, 3.05) is 6.54 Å². The summed E-state index contributed by atoms with van der Waals surface area (Å²) < 4.78 is 0. The first kappa shape index (κ1) is 30.4. The number of fused-ring (bicyclic) bond motifs is 1. The lowest BCUT2D eigenvalue weighted by molar-refractivity contribution is -0.142. The fourth-order valence-electron chi connectivity index (χ4n) is 4.89. The van der Waals surface area contributed by atoms with Gasteiger partial charge in [0, 0.05) is 29.8 Å². The minimum absolute atomic E-state index is 0.0355. The summed E-state index contributed by atoms with van der Waals surface area (Å²) in [6.07, 6.45) is 1.35. The molecule has 2 heterocycles. The normalized spacial score (nSPS) is 16.5. The van der Waals surface area contributed by atoms with E-state index in [1.807, 2.05) is 48.5 Å². The van der Waals surface area contributed by atoms with Crippen LogP contribution in [0.3, 0.4) is 0 Å². The molecule has 1 fully saturated rings. The second kappa shape index (κ2) is 13.4. The van der Waals surface area contributed by atoms with E-state index in [4.69, 9.17) is 0 Å². The molecule has 0 aliphatic carbocycles. The van der Waals surface area contributed by atoms with Gasteiger partial charge >= 0.3 is 0 Å². The van der Waals surface area contributed by atoms with Crippen molar-refractivity contribution in [3.8, 4) is 0 Å². The van der Waals surface area contributed by atoms with Gasteiger partial charge in [-0.3, -0.25) is 24.0 Å². The van der Waals surface area contributed by atoms with Crippen molar-refractivity contribution in [1.29, 1.82) is 0 Å². The summed E-state index contributed by atoms with van der Waals surface area (Å²) in [5, 5.41) is 11.8. The summed E-state index contributed by atoms with van der Waals surface area (Å²) >= 11 is 0. The summed E-state index contributed by atoms with van der Waals surface area (Å²) in [6.45, 7) is 5.77. The lowest BCUT2D eigenvalue weighted by Gasteiger charge is -2.28. The first-order valence-corrected chi connectivity index (χ1v) is 14.2. The number of amides is 4. The number of pyridine rings is 1. The molecule has 4 amide bonds. The van der Waals surface area contributed by atoms with Gasteiger partial charge in [-0.25, -0.2) is 4.98 Å². The predicted molar refractivity (Wildman–Crippen MR) is 158 cm³/mol. The lowest BCUT2D eigenvalue weighted by Crippen LogP contribution is -2.57. The highest BCUT2D eigenvalue weighted by atomic mass is 16.2. The Balaban J connectivity index is 1.58. The van der Waals surface area contributed by atoms with Crippen LogP contribution in [0.4, 0.5) is 0 Å². The number of para-hydroxylation sites is 1. The van der Waals surface area contributed by atoms with Gasteiger partial charge < -0.3 is 21.3 Å². The average molecular weight is 572 g/mol. The van der Waals surface area contributed by atoms with Gasteiger partial charge in [0.2, 0.25) is 17.6 Å². The standard InChI is InChI=1S/C32H37N5O5/c1-32(2,3)37-31(42)27(38)25(19-22-13-9-17-33-28(22)39)35-30(41)26(18-20-10-5-4-6-11-20)36-29(40)24-16-15-21-12-7-8-14-23(21)34-24/h4-8,10-12,14-16,22,25-26H,9,13,17-19H2,1-3H3,(H,33,39)(H,35,41)(H,36,40)(H,37,42)/t22-,25?,26-/m0/s1. The van der Waals surface area contributed by atoms with Crippen LogP contribution in [0.25, 0.3) is 10.9 Å². The maximum absolute atomic E-state index is 13.7. The number of nitrogens with zero attached hydrogens (tertiary/aromatic N) is 1. The number of Topliss-reactive ketones (excluding diaryl/α,β-unsaturated/α-hetero) is 1. The van der Waals surface area contributed by atoms with E-state index in [0.29, 0.717) is 18.5 Å². The van der Waals surface area contributed by atoms with Crippen LogP contribution < -0.4 is 21.3 Å². The van der Waals surface area contributed by atoms with Crippen LogP contribution in [0.5, 0.6) is 0 Å². The van der Waals surface area contributed by atoms with E-state index in [2.05, 4.69) is 26.3 Å². The summed E-state index contributed by atoms with van der Waals surface area (Å²) in [7, 11) is 0. The van der Waals surface area contributed by atoms with Crippen LogP contribution in [-0.4, -0.2) is 58.6 Å². The second-order valence-corrected chi connectivity index (χ2v) is 11.6. The highest BCUT2D eigenvalue weighted by Gasteiger charge is 2.36. The van der Waals surface area contributed by atoms with Gasteiger partial charge in [-0.1, -0.05) is 54.6 Å². The quantitative estimate of drug-likeness (QED) is 0.275. The molecule has 0 bridgehead atoms. The molecule has 1 aromatic heterocycles. The third-order valence-corrected chi connectivity index (χ3v) is 7.00. The topological polar surface area (TPSA) is 146 Å². The highest BCUT2D eigenvalue weighted by molar-refractivity contribution is 6.38. The van der Waals surface area contributed by atoms with Gasteiger partial charge in [-0.05, 0) is 57.7 Å². The molecule has 1 unspecified atom stereocenters. The first-order chi connectivity index (χ1) is 20.0. The van der Waals surface area contributed by atoms with Crippen LogP contribution >= 0.6 is 0 Å². The SMILES string of the molecule is CC(C)(C)NC(=O)C(=O)C(C[C@@H]1CCCNC1=O)NC(=O)[C@H](Cc1ccccc1)NC(=O)c1ccc2ccccc2n1. The number of hydrogen-bond acceptors (Lipinski definition) is 6.